The van der Waals surface area contributed by atoms with Gasteiger partial charge in [-0.25, -0.2) is 0 Å². The molecule has 2 aromatic carbocycles. The van der Waals surface area contributed by atoms with Gasteiger partial charge in [0.25, 0.3) is 0 Å². The molecule has 0 bridgehead atoms. The van der Waals surface area contributed by atoms with Crippen molar-refractivity contribution in [1.82, 2.24) is 0 Å². The van der Waals surface area contributed by atoms with E-state index in [1.165, 1.54) is 12.3 Å². The number of carbonyl (C=O) groups is 1. The van der Waals surface area contributed by atoms with Gasteiger partial charge in [-0.05, 0) is 24.3 Å². The van der Waals surface area contributed by atoms with Crippen LogP contribution in [-0.2, 0) is 4.74 Å². The third-order valence-electron chi connectivity index (χ3n) is 2.90. The Morgan fingerprint density at radius 1 is 0.955 bits per heavy atom. The number of methoxy groups -OCH3 is 1. The summed E-state index contributed by atoms with van der Waals surface area (Å²) >= 11 is 0. The van der Waals surface area contributed by atoms with Crippen LogP contribution in [0.15, 0.2) is 66.9 Å². The minimum atomic E-state index is -0.0864. The Balaban J connectivity index is 1.66. The Morgan fingerprint density at radius 3 is 2.32 bits per heavy atom. The standard InChI is InChI=1S/C18H18O4/c1-20-16-7-9-17(10-8-16)22-14-13-21-12-11-18(19)15-5-3-2-4-6-15/h2-12H,13-14H2,1H3/b12-11+. The van der Waals surface area contributed by atoms with E-state index >= 15 is 0 Å². The summed E-state index contributed by atoms with van der Waals surface area (Å²) < 4.78 is 15.8. The van der Waals surface area contributed by atoms with E-state index in [2.05, 4.69) is 0 Å². The molecule has 0 amide bonds. The van der Waals surface area contributed by atoms with E-state index in [1.807, 2.05) is 42.5 Å². The van der Waals surface area contributed by atoms with Gasteiger partial charge in [0, 0.05) is 11.6 Å². The van der Waals surface area contributed by atoms with Crippen LogP contribution < -0.4 is 9.47 Å². The van der Waals surface area contributed by atoms with Crippen molar-refractivity contribution in [3.05, 3.63) is 72.5 Å². The van der Waals surface area contributed by atoms with Crippen LogP contribution >= 0.6 is 0 Å². The molecule has 0 fully saturated rings. The Hall–Kier alpha value is -2.75. The summed E-state index contributed by atoms with van der Waals surface area (Å²) in [6.45, 7) is 0.765. The van der Waals surface area contributed by atoms with E-state index in [-0.39, 0.29) is 5.78 Å². The molecule has 0 heterocycles. The predicted molar refractivity (Wildman–Crippen MR) is 84.4 cm³/mol. The third-order valence-corrected chi connectivity index (χ3v) is 2.90. The van der Waals surface area contributed by atoms with E-state index < -0.39 is 0 Å². The number of hydrogen-bond donors (Lipinski definition) is 0. The Labute approximate surface area is 129 Å². The lowest BCUT2D eigenvalue weighted by molar-refractivity contribution is 0.104. The molecule has 4 nitrogen and oxygen atoms in total. The molecule has 0 atom stereocenters. The predicted octanol–water partition coefficient (Wildman–Crippen LogP) is 3.49. The van der Waals surface area contributed by atoms with Gasteiger partial charge in [0.15, 0.2) is 5.78 Å². The lowest BCUT2D eigenvalue weighted by Crippen LogP contribution is -2.04. The SMILES string of the molecule is COc1ccc(OCCO/C=C/C(=O)c2ccccc2)cc1. The lowest BCUT2D eigenvalue weighted by atomic mass is 10.1. The van der Waals surface area contributed by atoms with Gasteiger partial charge in [-0.2, -0.15) is 0 Å². The Kier molecular flexibility index (Phi) is 6.05. The lowest BCUT2D eigenvalue weighted by Gasteiger charge is -2.06. The molecule has 0 N–H and O–H groups in total. The molecule has 0 aliphatic carbocycles. The van der Waals surface area contributed by atoms with E-state index in [0.29, 0.717) is 18.8 Å². The van der Waals surface area contributed by atoms with Crippen molar-refractivity contribution in [2.75, 3.05) is 20.3 Å². The second-order valence-corrected chi connectivity index (χ2v) is 4.43. The highest BCUT2D eigenvalue weighted by atomic mass is 16.5. The van der Waals surface area contributed by atoms with Crippen LogP contribution in [-0.4, -0.2) is 26.1 Å². The Bertz CT molecular complexity index is 603. The first-order valence-electron chi connectivity index (χ1n) is 6.94. The molecule has 0 radical (unpaired) electrons. The molecule has 0 aliphatic heterocycles. The van der Waals surface area contributed by atoms with Gasteiger partial charge < -0.3 is 14.2 Å². The van der Waals surface area contributed by atoms with Gasteiger partial charge in [-0.1, -0.05) is 30.3 Å². The molecular weight excluding hydrogens is 280 g/mol. The molecule has 0 aliphatic rings. The topological polar surface area (TPSA) is 44.8 Å². The first-order valence-corrected chi connectivity index (χ1v) is 6.94. The summed E-state index contributed by atoms with van der Waals surface area (Å²) in [6.07, 6.45) is 2.80. The number of hydrogen-bond acceptors (Lipinski definition) is 4. The Morgan fingerprint density at radius 2 is 1.64 bits per heavy atom. The first kappa shape index (κ1) is 15.6. The maximum absolute atomic E-state index is 11.7. The second-order valence-electron chi connectivity index (χ2n) is 4.43. The van der Waals surface area contributed by atoms with Crippen LogP contribution in [0.3, 0.4) is 0 Å². The minimum absolute atomic E-state index is 0.0864. The van der Waals surface area contributed by atoms with E-state index in [4.69, 9.17) is 14.2 Å². The second kappa shape index (κ2) is 8.52. The fourth-order valence-corrected chi connectivity index (χ4v) is 1.76. The van der Waals surface area contributed by atoms with E-state index in [9.17, 15) is 4.79 Å². The number of rotatable bonds is 8. The fourth-order valence-electron chi connectivity index (χ4n) is 1.76. The van der Waals surface area contributed by atoms with Gasteiger partial charge in [-0.3, -0.25) is 4.79 Å². The molecule has 4 heteroatoms. The zero-order valence-corrected chi connectivity index (χ0v) is 12.4. The summed E-state index contributed by atoms with van der Waals surface area (Å²) in [5, 5.41) is 0. The average molecular weight is 298 g/mol. The van der Waals surface area contributed by atoms with Crippen LogP contribution in [0.2, 0.25) is 0 Å². The number of benzene rings is 2. The van der Waals surface area contributed by atoms with E-state index in [0.717, 1.165) is 11.5 Å². The summed E-state index contributed by atoms with van der Waals surface area (Å²) in [6, 6.07) is 16.4. The normalized spacial score (nSPS) is 10.4. The molecule has 0 spiro atoms. The van der Waals surface area contributed by atoms with E-state index in [1.54, 1.807) is 19.2 Å². The quantitative estimate of drug-likeness (QED) is 0.324. The molecule has 2 rings (SSSR count). The van der Waals surface area contributed by atoms with Gasteiger partial charge in [0.2, 0.25) is 0 Å². The molecule has 2 aromatic rings. The minimum Gasteiger partial charge on any atom is -0.498 e. The van der Waals surface area contributed by atoms with Crippen molar-refractivity contribution in [2.24, 2.45) is 0 Å². The highest BCUT2D eigenvalue weighted by molar-refractivity contribution is 6.04. The van der Waals surface area contributed by atoms with Crippen molar-refractivity contribution in [1.29, 1.82) is 0 Å². The summed E-state index contributed by atoms with van der Waals surface area (Å²) in [7, 11) is 1.62. The smallest absolute Gasteiger partial charge is 0.188 e. The summed E-state index contributed by atoms with van der Waals surface area (Å²) in [4.78, 5) is 11.7. The van der Waals surface area contributed by atoms with Gasteiger partial charge in [0.05, 0.1) is 13.4 Å². The van der Waals surface area contributed by atoms with Gasteiger partial charge >= 0.3 is 0 Å². The molecule has 0 saturated carbocycles. The number of allylic oxidation sites excluding steroid dienone is 1. The number of ether oxygens (including phenoxy) is 3. The molecular formula is C18H18O4. The summed E-state index contributed by atoms with van der Waals surface area (Å²) in [5.74, 6) is 1.44. The maximum Gasteiger partial charge on any atom is 0.188 e. The average Bonchev–Trinajstić information content (AvgIpc) is 2.59. The van der Waals surface area contributed by atoms with Crippen molar-refractivity contribution in [3.63, 3.8) is 0 Å². The first-order chi connectivity index (χ1) is 10.8. The van der Waals surface area contributed by atoms with Gasteiger partial charge in [0.1, 0.15) is 24.7 Å². The number of carbonyl (C=O) groups excluding carboxylic acids is 1. The largest absolute Gasteiger partial charge is 0.498 e. The maximum atomic E-state index is 11.7. The van der Waals surface area contributed by atoms with Gasteiger partial charge in [-0.15, -0.1) is 0 Å². The third kappa shape index (κ3) is 4.98. The summed E-state index contributed by atoms with van der Waals surface area (Å²) in [5.41, 5.74) is 0.636. The molecule has 0 aromatic heterocycles. The van der Waals surface area contributed by atoms with Crippen LogP contribution in [0.4, 0.5) is 0 Å². The van der Waals surface area contributed by atoms with Crippen molar-refractivity contribution < 1.29 is 19.0 Å². The van der Waals surface area contributed by atoms with Crippen molar-refractivity contribution in [3.8, 4) is 11.5 Å². The van der Waals surface area contributed by atoms with Crippen LogP contribution in [0, 0.1) is 0 Å². The molecule has 0 unspecified atom stereocenters. The van der Waals surface area contributed by atoms with Crippen LogP contribution in [0.25, 0.3) is 0 Å². The van der Waals surface area contributed by atoms with Crippen LogP contribution in [0.5, 0.6) is 11.5 Å². The monoisotopic (exact) mass is 298 g/mol. The zero-order valence-electron chi connectivity index (χ0n) is 12.4. The highest BCUT2D eigenvalue weighted by Gasteiger charge is 1.99. The zero-order chi connectivity index (χ0) is 15.6. The molecule has 0 saturated heterocycles. The van der Waals surface area contributed by atoms with Crippen molar-refractivity contribution in [2.45, 2.75) is 0 Å². The van der Waals surface area contributed by atoms with Crippen molar-refractivity contribution >= 4 is 5.78 Å². The number of ketones is 1. The highest BCUT2D eigenvalue weighted by Crippen LogP contribution is 2.16. The molecule has 114 valence electrons. The van der Waals surface area contributed by atoms with Crippen LogP contribution in [0.1, 0.15) is 10.4 Å². The fraction of sp³-hybridized carbons (Fsp3) is 0.167. The molecule has 22 heavy (non-hydrogen) atoms.